The maximum Gasteiger partial charge on any atom is 0.333 e. The molecule has 0 aliphatic heterocycles. The van der Waals surface area contributed by atoms with Crippen molar-refractivity contribution >= 4 is 22.8 Å². The van der Waals surface area contributed by atoms with Gasteiger partial charge in [-0.3, -0.25) is 14.2 Å². The summed E-state index contributed by atoms with van der Waals surface area (Å²) < 4.78 is 9.18. The fourth-order valence-electron chi connectivity index (χ4n) is 3.69. The number of nitrogens with one attached hydrogen (secondary N) is 1. The molecule has 4 rings (SSSR count). The molecule has 0 saturated carbocycles. The third-order valence-corrected chi connectivity index (χ3v) is 5.42. The minimum atomic E-state index is -0.590. The van der Waals surface area contributed by atoms with Crippen molar-refractivity contribution in [2.75, 3.05) is 19.0 Å². The number of para-hydroxylation sites is 1. The average Bonchev–Trinajstić information content (AvgIpc) is 3.24. The first-order valence-electron chi connectivity index (χ1n) is 10.6. The van der Waals surface area contributed by atoms with E-state index in [0.29, 0.717) is 18.8 Å². The van der Waals surface area contributed by atoms with Crippen LogP contribution >= 0.6 is 0 Å². The summed E-state index contributed by atoms with van der Waals surface area (Å²) in [7, 11) is 1.57. The predicted octanol–water partition coefficient (Wildman–Crippen LogP) is 2.00. The minimum Gasteiger partial charge on any atom is -0.383 e. The molecule has 1 amide bonds. The van der Waals surface area contributed by atoms with E-state index >= 15 is 0 Å². The van der Waals surface area contributed by atoms with Crippen LogP contribution in [0.3, 0.4) is 0 Å². The van der Waals surface area contributed by atoms with Gasteiger partial charge in [0.25, 0.3) is 5.56 Å². The van der Waals surface area contributed by atoms with Gasteiger partial charge in [-0.25, -0.2) is 14.3 Å². The molecule has 0 atom stereocenters. The van der Waals surface area contributed by atoms with Crippen LogP contribution < -0.4 is 16.6 Å². The van der Waals surface area contributed by atoms with E-state index in [1.54, 1.807) is 17.7 Å². The first kappa shape index (κ1) is 22.2. The van der Waals surface area contributed by atoms with Crippen molar-refractivity contribution in [1.29, 1.82) is 0 Å². The number of imidazole rings is 1. The van der Waals surface area contributed by atoms with E-state index in [4.69, 9.17) is 4.74 Å². The lowest BCUT2D eigenvalue weighted by molar-refractivity contribution is -0.116. The Kier molecular flexibility index (Phi) is 6.50. The second-order valence-electron chi connectivity index (χ2n) is 7.71. The molecule has 0 bridgehead atoms. The zero-order valence-corrected chi connectivity index (χ0v) is 18.5. The second kappa shape index (κ2) is 9.66. The Morgan fingerprint density at radius 3 is 2.48 bits per heavy atom. The number of rotatable bonds is 8. The van der Waals surface area contributed by atoms with Crippen LogP contribution in [0.4, 0.5) is 5.69 Å². The number of hydrogen-bond donors (Lipinski definition) is 1. The van der Waals surface area contributed by atoms with E-state index in [1.165, 1.54) is 10.9 Å². The molecule has 9 nitrogen and oxygen atoms in total. The van der Waals surface area contributed by atoms with Crippen molar-refractivity contribution in [2.24, 2.45) is 0 Å². The number of carbonyl (C=O) groups is 1. The molecular formula is C24H25N5O4. The number of benzene rings is 2. The van der Waals surface area contributed by atoms with E-state index in [2.05, 4.69) is 10.3 Å². The fraction of sp³-hybridized carbons (Fsp3) is 0.250. The van der Waals surface area contributed by atoms with Crippen molar-refractivity contribution in [3.8, 4) is 0 Å². The van der Waals surface area contributed by atoms with Crippen LogP contribution in [0.15, 0.2) is 70.5 Å². The van der Waals surface area contributed by atoms with Gasteiger partial charge in [0.15, 0.2) is 11.2 Å². The van der Waals surface area contributed by atoms with Crippen LogP contribution in [0, 0.1) is 6.92 Å². The van der Waals surface area contributed by atoms with E-state index < -0.39 is 23.7 Å². The molecule has 0 saturated heterocycles. The van der Waals surface area contributed by atoms with Crippen LogP contribution in [0.1, 0.15) is 11.1 Å². The van der Waals surface area contributed by atoms with Gasteiger partial charge in [-0.15, -0.1) is 0 Å². The molecule has 1 N–H and O–H groups in total. The van der Waals surface area contributed by atoms with Gasteiger partial charge in [-0.05, 0) is 24.1 Å². The molecule has 33 heavy (non-hydrogen) atoms. The molecule has 2 aromatic heterocycles. The summed E-state index contributed by atoms with van der Waals surface area (Å²) in [6.07, 6.45) is 1.52. The van der Waals surface area contributed by atoms with Crippen LogP contribution in [0.5, 0.6) is 0 Å². The molecule has 0 fully saturated rings. The Bertz CT molecular complexity index is 1400. The Balaban J connectivity index is 1.79. The Hall–Kier alpha value is -3.98. The number of amides is 1. The zero-order chi connectivity index (χ0) is 23.4. The Labute approximate surface area is 189 Å². The Morgan fingerprint density at radius 2 is 1.76 bits per heavy atom. The van der Waals surface area contributed by atoms with Gasteiger partial charge in [0.1, 0.15) is 6.54 Å². The first-order valence-corrected chi connectivity index (χ1v) is 10.6. The highest BCUT2D eigenvalue weighted by Gasteiger charge is 2.20. The molecule has 0 aliphatic carbocycles. The van der Waals surface area contributed by atoms with Gasteiger partial charge in [0.2, 0.25) is 5.91 Å². The maximum absolute atomic E-state index is 13.4. The molecule has 2 heterocycles. The molecule has 0 aliphatic rings. The average molecular weight is 447 g/mol. The zero-order valence-electron chi connectivity index (χ0n) is 18.5. The maximum atomic E-state index is 13.4. The fourth-order valence-corrected chi connectivity index (χ4v) is 3.69. The predicted molar refractivity (Wildman–Crippen MR) is 125 cm³/mol. The molecule has 9 heteroatoms. The van der Waals surface area contributed by atoms with Gasteiger partial charge in [0.05, 0.1) is 19.5 Å². The lowest BCUT2D eigenvalue weighted by atomic mass is 10.2. The van der Waals surface area contributed by atoms with Crippen LogP contribution in [-0.2, 0) is 29.2 Å². The molecule has 2 aromatic carbocycles. The van der Waals surface area contributed by atoms with E-state index in [9.17, 15) is 14.4 Å². The second-order valence-corrected chi connectivity index (χ2v) is 7.71. The minimum absolute atomic E-state index is 0.219. The number of hydrogen-bond acceptors (Lipinski definition) is 5. The molecule has 0 unspecified atom stereocenters. The van der Waals surface area contributed by atoms with Crippen molar-refractivity contribution < 1.29 is 9.53 Å². The van der Waals surface area contributed by atoms with Crippen molar-refractivity contribution in [2.45, 2.75) is 26.6 Å². The standard InChI is InChI=1S/C24H25N5O4/c1-17-8-6-7-11-19(17)26-20(30)15-29-23(31)21-22(25-16-27(21)12-13-33-2)28(24(29)32)14-18-9-4-3-5-10-18/h3-11,16H,12-15H2,1-2H3,(H,26,30). The van der Waals surface area contributed by atoms with Gasteiger partial charge in [0, 0.05) is 19.3 Å². The van der Waals surface area contributed by atoms with E-state index in [-0.39, 0.29) is 17.7 Å². The van der Waals surface area contributed by atoms with E-state index in [1.807, 2.05) is 55.5 Å². The number of fused-ring (bicyclic) bond motifs is 1. The van der Waals surface area contributed by atoms with Crippen LogP contribution in [0.2, 0.25) is 0 Å². The van der Waals surface area contributed by atoms with Crippen molar-refractivity contribution in [3.63, 3.8) is 0 Å². The summed E-state index contributed by atoms with van der Waals surface area (Å²) in [4.78, 5) is 43.8. The summed E-state index contributed by atoms with van der Waals surface area (Å²) in [5, 5.41) is 2.78. The van der Waals surface area contributed by atoms with Gasteiger partial charge >= 0.3 is 5.69 Å². The van der Waals surface area contributed by atoms with Crippen molar-refractivity contribution in [1.82, 2.24) is 18.7 Å². The third-order valence-electron chi connectivity index (χ3n) is 5.42. The summed E-state index contributed by atoms with van der Waals surface area (Å²) in [6, 6.07) is 16.7. The van der Waals surface area contributed by atoms with Crippen LogP contribution in [-0.4, -0.2) is 38.3 Å². The summed E-state index contributed by atoms with van der Waals surface area (Å²) >= 11 is 0. The monoisotopic (exact) mass is 447 g/mol. The molecular weight excluding hydrogens is 422 g/mol. The third kappa shape index (κ3) is 4.63. The number of methoxy groups -OCH3 is 1. The van der Waals surface area contributed by atoms with Gasteiger partial charge < -0.3 is 14.6 Å². The summed E-state index contributed by atoms with van der Waals surface area (Å²) in [6.45, 7) is 2.44. The molecule has 170 valence electrons. The number of anilines is 1. The lowest BCUT2D eigenvalue weighted by Crippen LogP contribution is -2.43. The summed E-state index contributed by atoms with van der Waals surface area (Å²) in [5.74, 6) is -0.461. The normalized spacial score (nSPS) is 11.1. The number of carbonyl (C=O) groups excluding carboxylic acids is 1. The van der Waals surface area contributed by atoms with Crippen molar-refractivity contribution in [3.05, 3.63) is 92.9 Å². The topological polar surface area (TPSA) is 100 Å². The smallest absolute Gasteiger partial charge is 0.333 e. The molecule has 0 spiro atoms. The molecule has 4 aromatic rings. The number of ether oxygens (including phenoxy) is 1. The SMILES string of the molecule is COCCn1cnc2c1c(=O)n(CC(=O)Nc1ccccc1C)c(=O)n2Cc1ccccc1. The van der Waals surface area contributed by atoms with E-state index in [0.717, 1.165) is 15.7 Å². The first-order chi connectivity index (χ1) is 16.0. The number of aromatic nitrogens is 4. The highest BCUT2D eigenvalue weighted by Crippen LogP contribution is 2.13. The highest BCUT2D eigenvalue weighted by molar-refractivity contribution is 5.91. The largest absolute Gasteiger partial charge is 0.383 e. The van der Waals surface area contributed by atoms with Gasteiger partial charge in [-0.2, -0.15) is 0 Å². The number of nitrogens with zero attached hydrogens (tertiary/aromatic N) is 4. The summed E-state index contributed by atoms with van der Waals surface area (Å²) in [5.41, 5.74) is 1.77. The number of aryl methyl sites for hydroxylation is 1. The highest BCUT2D eigenvalue weighted by atomic mass is 16.5. The van der Waals surface area contributed by atoms with Crippen LogP contribution in [0.25, 0.3) is 11.2 Å². The van der Waals surface area contributed by atoms with Gasteiger partial charge in [-0.1, -0.05) is 48.5 Å². The lowest BCUT2D eigenvalue weighted by Gasteiger charge is -2.13. The molecule has 0 radical (unpaired) electrons. The quantitative estimate of drug-likeness (QED) is 0.445. The Morgan fingerprint density at radius 1 is 1.03 bits per heavy atom.